The molecule has 3 rings (SSSR count). The Balaban J connectivity index is 2.21. The number of primary amides is 1. The minimum atomic E-state index is -0.496. The number of carbonyl (C=O) groups is 1. The fourth-order valence-corrected chi connectivity index (χ4v) is 2.39. The lowest BCUT2D eigenvalue weighted by atomic mass is 10.1. The van der Waals surface area contributed by atoms with Crippen LogP contribution in [-0.2, 0) is 0 Å². The Bertz CT molecular complexity index is 823. The van der Waals surface area contributed by atoms with Crippen molar-refractivity contribution in [1.82, 2.24) is 14.6 Å². The van der Waals surface area contributed by atoms with E-state index in [9.17, 15) is 4.79 Å². The summed E-state index contributed by atoms with van der Waals surface area (Å²) in [6.45, 7) is 4.02. The van der Waals surface area contributed by atoms with Crippen LogP contribution in [0.3, 0.4) is 0 Å². The van der Waals surface area contributed by atoms with Crippen LogP contribution < -0.4 is 11.1 Å². The molecule has 0 radical (unpaired) electrons. The van der Waals surface area contributed by atoms with Gasteiger partial charge in [-0.05, 0) is 37.6 Å². The molecular formula is C16H17N5O. The predicted octanol–water partition coefficient (Wildman–Crippen LogP) is 2.32. The molecule has 3 N–H and O–H groups in total. The van der Waals surface area contributed by atoms with Crippen LogP contribution in [0.2, 0.25) is 0 Å². The number of carbonyl (C=O) groups excluding carboxylic acids is 1. The second-order valence-electron chi connectivity index (χ2n) is 5.39. The molecular weight excluding hydrogens is 278 g/mol. The van der Waals surface area contributed by atoms with E-state index in [-0.39, 0.29) is 6.04 Å². The second-order valence-corrected chi connectivity index (χ2v) is 5.39. The van der Waals surface area contributed by atoms with Crippen LogP contribution in [0.15, 0.2) is 43.0 Å². The minimum absolute atomic E-state index is 0.170. The Morgan fingerprint density at radius 3 is 2.64 bits per heavy atom. The van der Waals surface area contributed by atoms with Crippen molar-refractivity contribution in [2.75, 3.05) is 5.32 Å². The Hall–Kier alpha value is -2.89. The Labute approximate surface area is 128 Å². The van der Waals surface area contributed by atoms with Gasteiger partial charge in [-0.15, -0.1) is 0 Å². The number of nitrogens with two attached hydrogens (primary N) is 1. The van der Waals surface area contributed by atoms with Crippen molar-refractivity contribution in [3.8, 4) is 11.1 Å². The third-order valence-electron chi connectivity index (χ3n) is 3.35. The highest BCUT2D eigenvalue weighted by Gasteiger charge is 2.15. The molecule has 0 unspecified atom stereocenters. The van der Waals surface area contributed by atoms with Crippen molar-refractivity contribution < 1.29 is 4.79 Å². The average molecular weight is 295 g/mol. The molecule has 3 aromatic rings. The molecule has 6 heteroatoms. The van der Waals surface area contributed by atoms with E-state index in [0.717, 1.165) is 16.6 Å². The number of pyridine rings is 1. The van der Waals surface area contributed by atoms with E-state index in [0.29, 0.717) is 11.3 Å². The molecule has 0 aliphatic rings. The van der Waals surface area contributed by atoms with Gasteiger partial charge in [0.25, 0.3) is 5.91 Å². The van der Waals surface area contributed by atoms with Gasteiger partial charge in [-0.1, -0.05) is 0 Å². The van der Waals surface area contributed by atoms with Gasteiger partial charge in [-0.25, -0.2) is 4.52 Å². The monoisotopic (exact) mass is 295 g/mol. The molecule has 0 fully saturated rings. The number of nitrogens with zero attached hydrogens (tertiary/aromatic N) is 3. The fourth-order valence-electron chi connectivity index (χ4n) is 2.39. The summed E-state index contributed by atoms with van der Waals surface area (Å²) in [7, 11) is 0. The maximum atomic E-state index is 11.6. The molecule has 0 saturated carbocycles. The predicted molar refractivity (Wildman–Crippen MR) is 85.7 cm³/mol. The van der Waals surface area contributed by atoms with Gasteiger partial charge in [0, 0.05) is 30.2 Å². The first-order chi connectivity index (χ1) is 10.6. The zero-order valence-electron chi connectivity index (χ0n) is 12.4. The van der Waals surface area contributed by atoms with Gasteiger partial charge in [-0.3, -0.25) is 9.78 Å². The van der Waals surface area contributed by atoms with Crippen LogP contribution in [0.5, 0.6) is 0 Å². The summed E-state index contributed by atoms with van der Waals surface area (Å²) >= 11 is 0. The summed E-state index contributed by atoms with van der Waals surface area (Å²) in [4.78, 5) is 15.7. The van der Waals surface area contributed by atoms with Gasteiger partial charge < -0.3 is 11.1 Å². The number of anilines is 1. The van der Waals surface area contributed by atoms with E-state index >= 15 is 0 Å². The number of hydrogen-bond acceptors (Lipinski definition) is 4. The Kier molecular flexibility index (Phi) is 3.50. The molecule has 0 aliphatic carbocycles. The molecule has 0 saturated heterocycles. The van der Waals surface area contributed by atoms with Gasteiger partial charge in [-0.2, -0.15) is 5.10 Å². The molecule has 22 heavy (non-hydrogen) atoms. The average Bonchev–Trinajstić information content (AvgIpc) is 2.92. The minimum Gasteiger partial charge on any atom is -0.380 e. The Morgan fingerprint density at radius 1 is 1.27 bits per heavy atom. The van der Waals surface area contributed by atoms with Crippen molar-refractivity contribution in [3.05, 3.63) is 48.5 Å². The van der Waals surface area contributed by atoms with Crippen molar-refractivity contribution in [1.29, 1.82) is 0 Å². The summed E-state index contributed by atoms with van der Waals surface area (Å²) < 4.78 is 1.74. The highest BCUT2D eigenvalue weighted by Crippen LogP contribution is 2.28. The number of nitrogens with one attached hydrogen (secondary N) is 1. The van der Waals surface area contributed by atoms with Crippen molar-refractivity contribution in [3.63, 3.8) is 0 Å². The van der Waals surface area contributed by atoms with Crippen LogP contribution in [0.4, 0.5) is 5.69 Å². The number of hydrogen-bond donors (Lipinski definition) is 2. The highest BCUT2D eigenvalue weighted by molar-refractivity contribution is 6.02. The molecule has 0 spiro atoms. The lowest BCUT2D eigenvalue weighted by Crippen LogP contribution is -2.19. The molecule has 0 atom stereocenters. The van der Waals surface area contributed by atoms with Gasteiger partial charge in [0.2, 0.25) is 0 Å². The summed E-state index contributed by atoms with van der Waals surface area (Å²) in [6, 6.07) is 6.02. The van der Waals surface area contributed by atoms with E-state index in [4.69, 9.17) is 5.73 Å². The summed E-state index contributed by atoms with van der Waals surface area (Å²) in [5, 5.41) is 7.57. The maximum absolute atomic E-state index is 11.6. The summed E-state index contributed by atoms with van der Waals surface area (Å²) in [5.41, 5.74) is 9.42. The smallest absolute Gasteiger partial charge is 0.252 e. The van der Waals surface area contributed by atoms with Crippen LogP contribution in [0.25, 0.3) is 16.6 Å². The molecule has 0 bridgehead atoms. The lowest BCUT2D eigenvalue weighted by Gasteiger charge is -2.14. The van der Waals surface area contributed by atoms with E-state index in [2.05, 4.69) is 15.4 Å². The van der Waals surface area contributed by atoms with Crippen LogP contribution in [0, 0.1) is 0 Å². The van der Waals surface area contributed by atoms with Crippen molar-refractivity contribution in [2.45, 2.75) is 19.9 Å². The molecule has 3 aromatic heterocycles. The topological polar surface area (TPSA) is 85.3 Å². The molecule has 0 aromatic carbocycles. The Morgan fingerprint density at radius 2 is 2.00 bits per heavy atom. The SMILES string of the molecule is CC(C)Nc1c(C(N)=O)cnn2cc(-c3ccncc3)cc12. The first kappa shape index (κ1) is 14.1. The van der Waals surface area contributed by atoms with Crippen molar-refractivity contribution >= 4 is 17.1 Å². The van der Waals surface area contributed by atoms with Gasteiger partial charge >= 0.3 is 0 Å². The fraction of sp³-hybridized carbons (Fsp3) is 0.188. The molecule has 1 amide bonds. The van der Waals surface area contributed by atoms with Crippen molar-refractivity contribution in [2.24, 2.45) is 5.73 Å². The molecule has 0 aliphatic heterocycles. The zero-order valence-corrected chi connectivity index (χ0v) is 12.4. The molecule has 3 heterocycles. The molecule has 6 nitrogen and oxygen atoms in total. The van der Waals surface area contributed by atoms with Gasteiger partial charge in [0.15, 0.2) is 0 Å². The first-order valence-electron chi connectivity index (χ1n) is 7.04. The highest BCUT2D eigenvalue weighted by atomic mass is 16.1. The standard InChI is InChI=1S/C16H17N5O/c1-10(2)20-15-13(16(17)22)8-19-21-9-12(7-14(15)21)11-3-5-18-6-4-11/h3-10,20H,1-2H3,(H2,17,22). The maximum Gasteiger partial charge on any atom is 0.252 e. The van der Waals surface area contributed by atoms with Crippen LogP contribution in [-0.4, -0.2) is 26.5 Å². The first-order valence-corrected chi connectivity index (χ1v) is 7.04. The van der Waals surface area contributed by atoms with Gasteiger partial charge in [0.05, 0.1) is 23.0 Å². The normalized spacial score (nSPS) is 11.0. The second kappa shape index (κ2) is 5.48. The van der Waals surface area contributed by atoms with E-state index < -0.39 is 5.91 Å². The van der Waals surface area contributed by atoms with E-state index in [1.165, 1.54) is 6.20 Å². The number of fused-ring (bicyclic) bond motifs is 1. The summed E-state index contributed by atoms with van der Waals surface area (Å²) in [6.07, 6.45) is 6.90. The zero-order chi connectivity index (χ0) is 15.7. The third kappa shape index (κ3) is 2.50. The van der Waals surface area contributed by atoms with Gasteiger partial charge in [0.1, 0.15) is 0 Å². The number of amides is 1. The van der Waals surface area contributed by atoms with E-state index in [1.54, 1.807) is 16.9 Å². The third-order valence-corrected chi connectivity index (χ3v) is 3.35. The lowest BCUT2D eigenvalue weighted by molar-refractivity contribution is 0.100. The number of rotatable bonds is 4. The van der Waals surface area contributed by atoms with E-state index in [1.807, 2.05) is 38.2 Å². The van der Waals surface area contributed by atoms with Crippen LogP contribution >= 0.6 is 0 Å². The van der Waals surface area contributed by atoms with Crippen LogP contribution in [0.1, 0.15) is 24.2 Å². The summed E-state index contributed by atoms with van der Waals surface area (Å²) in [5.74, 6) is -0.496. The molecule has 112 valence electrons. The largest absolute Gasteiger partial charge is 0.380 e. The number of aromatic nitrogens is 3. The quantitative estimate of drug-likeness (QED) is 0.773.